The van der Waals surface area contributed by atoms with E-state index in [2.05, 4.69) is 120 Å². The van der Waals surface area contributed by atoms with Crippen LogP contribution in [0.3, 0.4) is 0 Å². The average molecular weight is 604 g/mol. The normalized spacial score (nSPS) is 11.2. The van der Waals surface area contributed by atoms with E-state index in [0.717, 1.165) is 0 Å². The van der Waals surface area contributed by atoms with Gasteiger partial charge >= 0.3 is 22.4 Å². The zero-order chi connectivity index (χ0) is 21.3. The van der Waals surface area contributed by atoms with E-state index in [0.29, 0.717) is 23.7 Å². The molecule has 0 saturated heterocycles. The second-order valence-electron chi connectivity index (χ2n) is 9.33. The van der Waals surface area contributed by atoms with Crippen LogP contribution in [0.25, 0.3) is 11.4 Å². The van der Waals surface area contributed by atoms with E-state index in [9.17, 15) is 0 Å². The zero-order valence-corrected chi connectivity index (χ0v) is 22.3. The van der Waals surface area contributed by atoms with Crippen LogP contribution in [0.15, 0.2) is 48.8 Å². The van der Waals surface area contributed by atoms with Gasteiger partial charge in [0.05, 0.1) is 11.4 Å². The molecule has 1 heterocycles. The Balaban J connectivity index is 0.00000240. The van der Waals surface area contributed by atoms with E-state index in [-0.39, 0.29) is 27.9 Å². The fraction of sp³-hybridized carbons (Fsp3) is 0.444. The van der Waals surface area contributed by atoms with Crippen LogP contribution in [-0.4, -0.2) is 10.0 Å². The third-order valence-electron chi connectivity index (χ3n) is 5.75. The minimum atomic E-state index is 0. The van der Waals surface area contributed by atoms with Crippen LogP contribution in [0.1, 0.15) is 101 Å². The van der Waals surface area contributed by atoms with Crippen LogP contribution in [0, 0.1) is 6.33 Å². The Labute approximate surface area is 204 Å². The molecule has 0 fully saturated rings. The van der Waals surface area contributed by atoms with Gasteiger partial charge in [0.15, 0.2) is 0 Å². The van der Waals surface area contributed by atoms with Gasteiger partial charge in [0.2, 0.25) is 0 Å². The molecule has 0 atom stereocenters. The van der Waals surface area contributed by atoms with Gasteiger partial charge in [-0.3, -0.25) is 9.13 Å². The molecule has 0 saturated carbocycles. The van der Waals surface area contributed by atoms with Crippen molar-refractivity contribution in [3.8, 4) is 11.4 Å². The molecule has 0 radical (unpaired) electrons. The number of rotatable bonds is 6. The molecule has 0 aliphatic heterocycles. The third kappa shape index (κ3) is 5.59. The standard InChI is InChI=1S/C27H36N2.Au.H2O/c1-18(2)22-11-9-12-23(19(3)4)26(22)28-15-16-29(17-28)27-24(20(5)6)13-10-14-25(27)21(7)8;;/h9-16,18-21H,1-8H3;;1H2/q;+1;. The van der Waals surface area contributed by atoms with E-state index < -0.39 is 0 Å². The van der Waals surface area contributed by atoms with Crippen molar-refractivity contribution < 1.29 is 32.4 Å². The van der Waals surface area contributed by atoms with Crippen molar-refractivity contribution in [1.29, 1.82) is 0 Å². The molecule has 172 valence electrons. The Kier molecular flexibility index (Phi) is 9.97. The van der Waals surface area contributed by atoms with Crippen LogP contribution in [-0.2, 0) is 22.4 Å². The van der Waals surface area contributed by atoms with E-state index in [1.807, 2.05) is 0 Å². The molecule has 31 heavy (non-hydrogen) atoms. The largest absolute Gasteiger partial charge is 1.00 e. The summed E-state index contributed by atoms with van der Waals surface area (Å²) < 4.78 is 4.40. The van der Waals surface area contributed by atoms with Crippen LogP contribution >= 0.6 is 0 Å². The SMILES string of the molecule is CC(C)c1cccc(C(C)C)c1-n1[c-][n+](-c2c(C(C)C)cccc2C(C)C)cc1.O.[Au+]. The Morgan fingerprint density at radius 2 is 1.06 bits per heavy atom. The number of hydrogen-bond acceptors (Lipinski definition) is 0. The van der Waals surface area contributed by atoms with Gasteiger partial charge in [0.25, 0.3) is 6.33 Å². The van der Waals surface area contributed by atoms with Crippen LogP contribution in [0.4, 0.5) is 0 Å². The number of imidazole rings is 1. The van der Waals surface area contributed by atoms with Crippen molar-refractivity contribution >= 4 is 0 Å². The molecule has 1 aromatic heterocycles. The van der Waals surface area contributed by atoms with Gasteiger partial charge < -0.3 is 5.48 Å². The summed E-state index contributed by atoms with van der Waals surface area (Å²) in [5, 5.41) is 0. The van der Waals surface area contributed by atoms with Gasteiger partial charge in [-0.25, -0.2) is 0 Å². The first-order valence-corrected chi connectivity index (χ1v) is 11.0. The summed E-state index contributed by atoms with van der Waals surface area (Å²) in [6.07, 6.45) is 7.98. The predicted molar refractivity (Wildman–Crippen MR) is 126 cm³/mol. The summed E-state index contributed by atoms with van der Waals surface area (Å²) >= 11 is 0. The number of aromatic nitrogens is 2. The van der Waals surface area contributed by atoms with Crippen molar-refractivity contribution in [2.24, 2.45) is 0 Å². The second-order valence-corrected chi connectivity index (χ2v) is 9.33. The van der Waals surface area contributed by atoms with Crippen molar-refractivity contribution in [1.82, 2.24) is 4.57 Å². The predicted octanol–water partition coefficient (Wildman–Crippen LogP) is 6.22. The van der Waals surface area contributed by atoms with Crippen LogP contribution < -0.4 is 4.57 Å². The van der Waals surface area contributed by atoms with Crippen molar-refractivity contribution in [3.63, 3.8) is 0 Å². The Morgan fingerprint density at radius 3 is 1.45 bits per heavy atom. The summed E-state index contributed by atoms with van der Waals surface area (Å²) in [7, 11) is 0. The van der Waals surface area contributed by atoms with Gasteiger partial charge in [0.1, 0.15) is 0 Å². The molecule has 2 N–H and O–H groups in total. The van der Waals surface area contributed by atoms with Gasteiger partial charge in [-0.05, 0) is 45.9 Å². The van der Waals surface area contributed by atoms with Gasteiger partial charge in [-0.2, -0.15) is 0 Å². The molecular weight excluding hydrogens is 565 g/mol. The average Bonchev–Trinajstić information content (AvgIpc) is 3.15. The van der Waals surface area contributed by atoms with E-state index >= 15 is 0 Å². The first kappa shape index (κ1) is 27.4. The molecule has 0 bridgehead atoms. The number of para-hydroxylation sites is 2. The molecule has 4 heteroatoms. The Morgan fingerprint density at radius 1 is 0.677 bits per heavy atom. The topological polar surface area (TPSA) is 40.3 Å². The first-order chi connectivity index (χ1) is 13.7. The first-order valence-electron chi connectivity index (χ1n) is 11.0. The van der Waals surface area contributed by atoms with Crippen molar-refractivity contribution in [2.75, 3.05) is 0 Å². The molecule has 0 spiro atoms. The van der Waals surface area contributed by atoms with E-state index in [1.165, 1.54) is 33.6 Å². The second kappa shape index (κ2) is 11.3. The molecule has 0 amide bonds. The number of hydrogen-bond donors (Lipinski definition) is 0. The zero-order valence-electron chi connectivity index (χ0n) is 20.1. The summed E-state index contributed by atoms with van der Waals surface area (Å²) in [5.74, 6) is 1.84. The smallest absolute Gasteiger partial charge is 0.412 e. The molecule has 0 aliphatic rings. The number of benzene rings is 2. The summed E-state index contributed by atoms with van der Waals surface area (Å²) in [4.78, 5) is 0. The summed E-state index contributed by atoms with van der Waals surface area (Å²) in [6.45, 7) is 18.2. The molecule has 0 unspecified atom stereocenters. The van der Waals surface area contributed by atoms with Gasteiger partial charge in [-0.15, -0.1) is 0 Å². The Hall–Kier alpha value is -1.65. The maximum absolute atomic E-state index is 3.66. The fourth-order valence-corrected chi connectivity index (χ4v) is 4.14. The molecule has 3 aromatic rings. The monoisotopic (exact) mass is 603 g/mol. The molecular formula is C27H38AuN2O+. The van der Waals surface area contributed by atoms with Crippen LogP contribution in [0.5, 0.6) is 0 Å². The fourth-order valence-electron chi connectivity index (χ4n) is 4.14. The quantitative estimate of drug-likeness (QED) is 0.183. The van der Waals surface area contributed by atoms with Crippen LogP contribution in [0.2, 0.25) is 0 Å². The minimum absolute atomic E-state index is 0. The maximum atomic E-state index is 3.66. The van der Waals surface area contributed by atoms with E-state index in [1.54, 1.807) is 0 Å². The maximum Gasteiger partial charge on any atom is 1.00 e. The van der Waals surface area contributed by atoms with E-state index in [4.69, 9.17) is 0 Å². The Bertz CT molecular complexity index is 856. The molecule has 3 rings (SSSR count). The summed E-state index contributed by atoms with van der Waals surface area (Å²) in [6, 6.07) is 13.4. The van der Waals surface area contributed by atoms with Gasteiger partial charge in [0, 0.05) is 12.4 Å². The summed E-state index contributed by atoms with van der Waals surface area (Å²) in [5.41, 5.74) is 8.05. The molecule has 0 aliphatic carbocycles. The van der Waals surface area contributed by atoms with Crippen molar-refractivity contribution in [2.45, 2.75) is 79.1 Å². The van der Waals surface area contributed by atoms with Gasteiger partial charge in [-0.1, -0.05) is 91.8 Å². The molecule has 3 nitrogen and oxygen atoms in total. The minimum Gasteiger partial charge on any atom is -0.412 e. The third-order valence-corrected chi connectivity index (χ3v) is 5.75. The molecule has 2 aromatic carbocycles. The number of nitrogens with zero attached hydrogens (tertiary/aromatic N) is 2. The van der Waals surface area contributed by atoms with Crippen molar-refractivity contribution in [3.05, 3.63) is 77.4 Å².